The fraction of sp³-hybridized carbons (Fsp3) is 0.625. The maximum Gasteiger partial charge on any atom is 0.544 e. The average molecular weight is 253 g/mol. The molecule has 0 N–H and O–H groups in total. The maximum absolute atomic E-state index is 5.31. The van der Waals surface area contributed by atoms with E-state index in [1.54, 1.807) is 21.3 Å². The highest BCUT2D eigenvalue weighted by atomic mass is 35.5. The molecule has 1 rings (SSSR count). The molecule has 0 radical (unpaired) electrons. The highest BCUT2D eigenvalue weighted by molar-refractivity contribution is 6.59. The molecule has 0 bridgehead atoms. The van der Waals surface area contributed by atoms with Crippen LogP contribution in [0.1, 0.15) is 0 Å². The predicted molar refractivity (Wildman–Crippen MR) is 52.4 cm³/mol. The first-order valence-corrected chi connectivity index (χ1v) is 6.25. The Hall–Kier alpha value is -0.403. The van der Waals surface area contributed by atoms with Crippen molar-refractivity contribution in [1.82, 2.24) is 4.57 Å². The summed E-state index contributed by atoms with van der Waals surface area (Å²) in [6.07, 6.45) is 6.50. The van der Waals surface area contributed by atoms with Gasteiger partial charge in [0.25, 0.3) is 0 Å². The molecule has 0 aliphatic carbocycles. The average Bonchev–Trinajstić information content (AvgIpc) is 2.61. The fourth-order valence-electron chi connectivity index (χ4n) is 1.26. The van der Waals surface area contributed by atoms with Crippen LogP contribution in [0.5, 0.6) is 0 Å². The van der Waals surface area contributed by atoms with Crippen LogP contribution in [0.4, 0.5) is 0 Å². The topological polar surface area (TPSA) is 36.5 Å². The first-order chi connectivity index (χ1) is 6.65. The molecule has 5 nitrogen and oxygen atoms in total. The summed E-state index contributed by atoms with van der Waals surface area (Å²) >= 11 is 0. The van der Waals surface area contributed by atoms with Gasteiger partial charge in [-0.15, -0.1) is 0 Å². The minimum absolute atomic E-state index is 0. The summed E-state index contributed by atoms with van der Waals surface area (Å²) in [4.78, 5) is 0. The lowest BCUT2D eigenvalue weighted by Crippen LogP contribution is -3.00. The number of hydrogen-bond donors (Lipinski definition) is 0. The number of aryl methyl sites for hydroxylation is 1. The molecule has 0 saturated heterocycles. The Labute approximate surface area is 97.3 Å². The van der Waals surface area contributed by atoms with E-state index in [-0.39, 0.29) is 12.4 Å². The Morgan fingerprint density at radius 2 is 1.73 bits per heavy atom. The van der Waals surface area contributed by atoms with Crippen LogP contribution in [-0.4, -0.2) is 34.7 Å². The third kappa shape index (κ3) is 3.58. The van der Waals surface area contributed by atoms with E-state index in [1.165, 1.54) is 0 Å². The summed E-state index contributed by atoms with van der Waals surface area (Å²) < 4.78 is 19.9. The number of hydrogen-bond acceptors (Lipinski definition) is 3. The van der Waals surface area contributed by atoms with Crippen molar-refractivity contribution < 1.29 is 30.3 Å². The largest absolute Gasteiger partial charge is 1.00 e. The van der Waals surface area contributed by atoms with Crippen LogP contribution < -0.4 is 17.0 Å². The second kappa shape index (κ2) is 6.24. The van der Waals surface area contributed by atoms with Crippen LogP contribution in [0, 0.1) is 0 Å². The van der Waals surface area contributed by atoms with Crippen molar-refractivity contribution in [2.24, 2.45) is 7.05 Å². The summed E-state index contributed by atoms with van der Waals surface area (Å²) in [5.41, 5.74) is 0. The SMILES string of the molecule is CO[Si](Cn1cc[n+](C)c1)(OC)OC.[Cl-]. The monoisotopic (exact) mass is 252 g/mol. The van der Waals surface area contributed by atoms with Crippen LogP contribution in [0.25, 0.3) is 0 Å². The van der Waals surface area contributed by atoms with Crippen LogP contribution in [-0.2, 0) is 26.5 Å². The molecule has 0 unspecified atom stereocenters. The minimum Gasteiger partial charge on any atom is -1.00 e. The summed E-state index contributed by atoms with van der Waals surface area (Å²) in [6.45, 7) is 0. The second-order valence-corrected chi connectivity index (χ2v) is 5.95. The van der Waals surface area contributed by atoms with Gasteiger partial charge in [-0.2, -0.15) is 0 Å². The Kier molecular flexibility index (Phi) is 6.07. The molecule has 0 aliphatic rings. The van der Waals surface area contributed by atoms with Gasteiger partial charge in [-0.3, -0.25) is 0 Å². The minimum atomic E-state index is -2.50. The first-order valence-electron chi connectivity index (χ1n) is 4.32. The van der Waals surface area contributed by atoms with Gasteiger partial charge in [-0.1, -0.05) is 0 Å². The van der Waals surface area contributed by atoms with Crippen LogP contribution in [0.2, 0.25) is 0 Å². The molecule has 15 heavy (non-hydrogen) atoms. The van der Waals surface area contributed by atoms with Crippen molar-refractivity contribution >= 4 is 8.80 Å². The van der Waals surface area contributed by atoms with Gasteiger partial charge in [0.05, 0.1) is 7.05 Å². The Bertz CT molecular complexity index is 283. The molecule has 0 aliphatic heterocycles. The number of nitrogens with zero attached hydrogens (tertiary/aromatic N) is 2. The molecular weight excluding hydrogens is 236 g/mol. The van der Waals surface area contributed by atoms with Gasteiger partial charge in [0.1, 0.15) is 12.4 Å². The van der Waals surface area contributed by atoms with Crippen molar-refractivity contribution in [3.8, 4) is 0 Å². The zero-order valence-corrected chi connectivity index (χ0v) is 11.2. The lowest BCUT2D eigenvalue weighted by atomic mass is 10.9. The first kappa shape index (κ1) is 14.6. The van der Waals surface area contributed by atoms with Gasteiger partial charge in [0.15, 0.2) is 6.17 Å². The molecule has 1 aromatic rings. The number of imidazole rings is 1. The van der Waals surface area contributed by atoms with E-state index in [0.29, 0.717) is 6.17 Å². The lowest BCUT2D eigenvalue weighted by Gasteiger charge is -2.21. The lowest BCUT2D eigenvalue weighted by molar-refractivity contribution is -0.671. The van der Waals surface area contributed by atoms with Crippen LogP contribution >= 0.6 is 0 Å². The zero-order chi connectivity index (χ0) is 10.6. The summed E-state index contributed by atoms with van der Waals surface area (Å²) in [6, 6.07) is 0. The van der Waals surface area contributed by atoms with Crippen molar-refractivity contribution in [1.29, 1.82) is 0 Å². The normalized spacial score (nSPS) is 11.2. The number of halogens is 1. The molecule has 1 heterocycles. The quantitative estimate of drug-likeness (QED) is 0.408. The standard InChI is InChI=1S/C8H17N2O3Si.ClH/c1-9-5-6-10(7-9)8-14(11-2,12-3)13-4;/h5-7H,8H2,1-4H3;1H/q+1;/p-1. The van der Waals surface area contributed by atoms with E-state index in [9.17, 15) is 0 Å². The van der Waals surface area contributed by atoms with Crippen LogP contribution in [0.3, 0.4) is 0 Å². The van der Waals surface area contributed by atoms with Gasteiger partial charge >= 0.3 is 8.80 Å². The van der Waals surface area contributed by atoms with Crippen molar-refractivity contribution in [2.75, 3.05) is 21.3 Å². The molecule has 0 saturated carbocycles. The Morgan fingerprint density at radius 3 is 2.07 bits per heavy atom. The number of aromatic nitrogens is 2. The summed E-state index contributed by atoms with van der Waals surface area (Å²) in [7, 11) is 4.31. The van der Waals surface area contributed by atoms with Gasteiger partial charge in [-0.25, -0.2) is 9.13 Å². The third-order valence-electron chi connectivity index (χ3n) is 2.13. The van der Waals surface area contributed by atoms with Gasteiger partial charge in [0.2, 0.25) is 6.33 Å². The molecule has 88 valence electrons. The summed E-state index contributed by atoms with van der Waals surface area (Å²) in [5.74, 6) is 0. The Balaban J connectivity index is 0.00000196. The van der Waals surface area contributed by atoms with Crippen molar-refractivity contribution in [2.45, 2.75) is 6.17 Å². The maximum atomic E-state index is 5.31. The van der Waals surface area contributed by atoms with Gasteiger partial charge in [0, 0.05) is 21.3 Å². The predicted octanol–water partition coefficient (Wildman–Crippen LogP) is -3.27. The van der Waals surface area contributed by atoms with Crippen molar-refractivity contribution in [3.05, 3.63) is 18.7 Å². The smallest absolute Gasteiger partial charge is 0.544 e. The van der Waals surface area contributed by atoms with E-state index < -0.39 is 8.80 Å². The molecule has 0 amide bonds. The molecule has 7 heteroatoms. The van der Waals surface area contributed by atoms with E-state index in [1.807, 2.05) is 34.9 Å². The molecule has 0 atom stereocenters. The van der Waals surface area contributed by atoms with Gasteiger partial charge in [-0.05, 0) is 0 Å². The highest BCUT2D eigenvalue weighted by Gasteiger charge is 2.41. The third-order valence-corrected chi connectivity index (χ3v) is 4.75. The van der Waals surface area contributed by atoms with Crippen molar-refractivity contribution in [3.63, 3.8) is 0 Å². The van der Waals surface area contributed by atoms with Gasteiger partial charge < -0.3 is 25.7 Å². The fourth-order valence-corrected chi connectivity index (χ4v) is 2.78. The van der Waals surface area contributed by atoms with E-state index in [0.717, 1.165) is 0 Å². The zero-order valence-electron chi connectivity index (χ0n) is 9.44. The molecular formula is C8H17ClN2O3Si. The second-order valence-electron chi connectivity index (χ2n) is 3.05. The molecule has 1 aromatic heterocycles. The summed E-state index contributed by atoms with van der Waals surface area (Å²) in [5, 5.41) is 0. The Morgan fingerprint density at radius 1 is 1.20 bits per heavy atom. The highest BCUT2D eigenvalue weighted by Crippen LogP contribution is 2.08. The van der Waals surface area contributed by atoms with E-state index in [4.69, 9.17) is 13.3 Å². The molecule has 0 spiro atoms. The number of rotatable bonds is 5. The molecule has 0 fully saturated rings. The van der Waals surface area contributed by atoms with E-state index in [2.05, 4.69) is 0 Å². The van der Waals surface area contributed by atoms with Crippen LogP contribution in [0.15, 0.2) is 18.7 Å². The van der Waals surface area contributed by atoms with E-state index >= 15 is 0 Å². The molecule has 0 aromatic carbocycles.